The van der Waals surface area contributed by atoms with E-state index < -0.39 is 11.0 Å². The SMILES string of the molecule is COC(=O)[C@@]12CC(c3ccoc3)(c3ccoc3)[C@@H](c3ccccc31)c1cccc[n+]12.[Cl-]. The third-order valence-corrected chi connectivity index (χ3v) is 6.94. The average Bonchev–Trinajstić information content (AvgIpc) is 3.53. The van der Waals surface area contributed by atoms with E-state index in [9.17, 15) is 4.79 Å². The molecule has 3 aromatic heterocycles. The molecule has 3 aliphatic rings. The van der Waals surface area contributed by atoms with Gasteiger partial charge in [0.15, 0.2) is 11.9 Å². The van der Waals surface area contributed by atoms with Gasteiger partial charge in [0.2, 0.25) is 0 Å². The molecule has 5 nitrogen and oxygen atoms in total. The highest BCUT2D eigenvalue weighted by Gasteiger charge is 2.70. The van der Waals surface area contributed by atoms with Crippen LogP contribution in [0.25, 0.3) is 0 Å². The molecule has 6 heteroatoms. The number of carbonyl (C=O) groups excluding carboxylic acids is 1. The molecule has 1 aliphatic carbocycles. The van der Waals surface area contributed by atoms with Gasteiger partial charge in [-0.25, -0.2) is 4.79 Å². The predicted octanol–water partition coefficient (Wildman–Crippen LogP) is 0.916. The van der Waals surface area contributed by atoms with Crippen LogP contribution in [0.2, 0.25) is 0 Å². The van der Waals surface area contributed by atoms with E-state index in [-0.39, 0.29) is 24.3 Å². The summed E-state index contributed by atoms with van der Waals surface area (Å²) in [6.45, 7) is 0. The van der Waals surface area contributed by atoms with E-state index in [0.29, 0.717) is 6.42 Å². The lowest BCUT2D eigenvalue weighted by atomic mass is 9.50. The molecule has 7 rings (SSSR count). The summed E-state index contributed by atoms with van der Waals surface area (Å²) in [6, 6.07) is 18.3. The molecule has 0 N–H and O–H groups in total. The summed E-state index contributed by atoms with van der Waals surface area (Å²) in [7, 11) is 1.46. The largest absolute Gasteiger partial charge is 1.00 e. The van der Waals surface area contributed by atoms with Crippen molar-refractivity contribution in [2.45, 2.75) is 23.3 Å². The maximum absolute atomic E-state index is 13.6. The van der Waals surface area contributed by atoms with Crippen LogP contribution in [0.3, 0.4) is 0 Å². The van der Waals surface area contributed by atoms with Crippen molar-refractivity contribution in [3.63, 3.8) is 0 Å². The Morgan fingerprint density at radius 2 is 1.68 bits per heavy atom. The van der Waals surface area contributed by atoms with E-state index in [1.54, 1.807) is 25.1 Å². The highest BCUT2D eigenvalue weighted by atomic mass is 35.5. The molecule has 0 saturated carbocycles. The Bertz CT molecular complexity index is 1160. The number of halogens is 1. The molecule has 0 spiro atoms. The zero-order valence-corrected chi connectivity index (χ0v) is 17.6. The Kier molecular flexibility index (Phi) is 4.34. The summed E-state index contributed by atoms with van der Waals surface area (Å²) < 4.78 is 18.6. The van der Waals surface area contributed by atoms with Crippen LogP contribution in [0.1, 0.15) is 40.3 Å². The van der Waals surface area contributed by atoms with Gasteiger partial charge in [0.05, 0.1) is 43.5 Å². The zero-order valence-electron chi connectivity index (χ0n) is 16.8. The molecule has 1 aromatic carbocycles. The number of hydrogen-bond acceptors (Lipinski definition) is 4. The van der Waals surface area contributed by atoms with Crippen LogP contribution < -0.4 is 17.0 Å². The number of hydrogen-bond donors (Lipinski definition) is 0. The van der Waals surface area contributed by atoms with Crippen LogP contribution in [0, 0.1) is 0 Å². The number of benzene rings is 1. The zero-order chi connectivity index (χ0) is 20.3. The number of aromatic nitrogens is 1. The molecular weight excluding hydrogens is 414 g/mol. The summed E-state index contributed by atoms with van der Waals surface area (Å²) in [6.07, 6.45) is 9.45. The van der Waals surface area contributed by atoms with Gasteiger partial charge >= 0.3 is 5.97 Å². The standard InChI is InChI=1S/C25H20NO4.ClH/c1-28-23(27)25-16-24(17-9-12-29-14-17,18-10-13-30-15-18)22(19-6-2-3-7-20(19)25)21-8-4-5-11-26(21)25;/h2-15,22H,16H2,1H3;1H/q+1;/p-1/t22-,25+;/m0./s1. The van der Waals surface area contributed by atoms with Crippen molar-refractivity contribution in [3.05, 3.63) is 114 Å². The van der Waals surface area contributed by atoms with Gasteiger partial charge in [0, 0.05) is 35.2 Å². The number of fused-ring (bicyclic) bond motifs is 1. The van der Waals surface area contributed by atoms with Crippen molar-refractivity contribution in [3.8, 4) is 0 Å². The van der Waals surface area contributed by atoms with Gasteiger partial charge in [-0.2, -0.15) is 4.57 Å². The number of nitrogens with zero attached hydrogens (tertiary/aromatic N) is 1. The Hall–Kier alpha value is -3.31. The molecule has 2 bridgehead atoms. The van der Waals surface area contributed by atoms with Crippen molar-refractivity contribution in [1.29, 1.82) is 0 Å². The minimum Gasteiger partial charge on any atom is -1.00 e. The van der Waals surface area contributed by atoms with Gasteiger partial charge < -0.3 is 26.0 Å². The van der Waals surface area contributed by atoms with E-state index in [0.717, 1.165) is 27.9 Å². The fourth-order valence-corrected chi connectivity index (χ4v) is 5.85. The fraction of sp³-hybridized carbons (Fsp3) is 0.200. The van der Waals surface area contributed by atoms with Gasteiger partial charge in [-0.3, -0.25) is 0 Å². The Balaban J connectivity index is 0.00000204. The van der Waals surface area contributed by atoms with E-state index >= 15 is 0 Å². The smallest absolute Gasteiger partial charge is 0.383 e. The average molecular weight is 434 g/mol. The minimum absolute atomic E-state index is 0. The number of carbonyl (C=O) groups is 1. The maximum atomic E-state index is 13.6. The highest BCUT2D eigenvalue weighted by molar-refractivity contribution is 5.84. The second-order valence-corrected chi connectivity index (χ2v) is 8.04. The summed E-state index contributed by atoms with van der Waals surface area (Å²) in [5, 5.41) is 0. The van der Waals surface area contributed by atoms with Gasteiger partial charge in [-0.15, -0.1) is 0 Å². The van der Waals surface area contributed by atoms with Crippen LogP contribution in [0.15, 0.2) is 94.7 Å². The Labute approximate surface area is 185 Å². The first-order valence-corrected chi connectivity index (χ1v) is 9.98. The normalized spacial score (nSPS) is 22.2. The molecule has 0 amide bonds. The fourth-order valence-electron chi connectivity index (χ4n) is 5.85. The van der Waals surface area contributed by atoms with Crippen molar-refractivity contribution in [2.24, 2.45) is 0 Å². The molecule has 0 unspecified atom stereocenters. The Morgan fingerprint density at radius 1 is 1.00 bits per heavy atom. The summed E-state index contributed by atoms with van der Waals surface area (Å²) in [5.41, 5.74) is 3.69. The molecule has 4 aromatic rings. The number of rotatable bonds is 3. The summed E-state index contributed by atoms with van der Waals surface area (Å²) in [5.74, 6) is -0.293. The van der Waals surface area contributed by atoms with E-state index in [1.165, 1.54) is 7.11 Å². The lowest BCUT2D eigenvalue weighted by Gasteiger charge is -2.52. The monoisotopic (exact) mass is 433 g/mol. The maximum Gasteiger partial charge on any atom is 0.383 e. The van der Waals surface area contributed by atoms with Crippen LogP contribution >= 0.6 is 0 Å². The summed E-state index contributed by atoms with van der Waals surface area (Å²) >= 11 is 0. The van der Waals surface area contributed by atoms with Crippen molar-refractivity contribution in [2.75, 3.05) is 7.11 Å². The first kappa shape index (κ1) is 19.6. The topological polar surface area (TPSA) is 56.5 Å². The highest BCUT2D eigenvalue weighted by Crippen LogP contribution is 2.61. The third kappa shape index (κ3) is 2.27. The minimum atomic E-state index is -0.995. The first-order valence-electron chi connectivity index (χ1n) is 9.98. The van der Waals surface area contributed by atoms with Crippen molar-refractivity contribution >= 4 is 5.97 Å². The van der Waals surface area contributed by atoms with Gasteiger partial charge in [0.1, 0.15) is 0 Å². The third-order valence-electron chi connectivity index (χ3n) is 6.94. The van der Waals surface area contributed by atoms with Crippen LogP contribution in [0.5, 0.6) is 0 Å². The molecule has 0 saturated heterocycles. The lowest BCUT2D eigenvalue weighted by Crippen LogP contribution is -3.00. The number of esters is 1. The quantitative estimate of drug-likeness (QED) is 0.356. The molecule has 5 heterocycles. The first-order chi connectivity index (χ1) is 14.7. The molecule has 2 aliphatic heterocycles. The molecule has 156 valence electrons. The van der Waals surface area contributed by atoms with E-state index in [4.69, 9.17) is 13.6 Å². The van der Waals surface area contributed by atoms with Gasteiger partial charge in [-0.05, 0) is 17.7 Å². The number of furan rings is 2. The van der Waals surface area contributed by atoms with Crippen molar-refractivity contribution in [1.82, 2.24) is 0 Å². The molecule has 2 atom stereocenters. The van der Waals surface area contributed by atoms with Gasteiger partial charge in [0.25, 0.3) is 5.54 Å². The molecule has 0 radical (unpaired) electrons. The van der Waals surface area contributed by atoms with E-state index in [2.05, 4.69) is 22.8 Å². The van der Waals surface area contributed by atoms with Gasteiger partial charge in [-0.1, -0.05) is 30.3 Å². The van der Waals surface area contributed by atoms with Crippen molar-refractivity contribution < 1.29 is 35.3 Å². The lowest BCUT2D eigenvalue weighted by molar-refractivity contribution is -0.759. The van der Waals surface area contributed by atoms with Crippen LogP contribution in [-0.2, 0) is 20.5 Å². The predicted molar refractivity (Wildman–Crippen MR) is 107 cm³/mol. The van der Waals surface area contributed by atoms with Crippen LogP contribution in [-0.4, -0.2) is 13.1 Å². The number of methoxy groups -OCH3 is 1. The summed E-state index contributed by atoms with van der Waals surface area (Å²) in [4.78, 5) is 13.6. The Morgan fingerprint density at radius 3 is 2.32 bits per heavy atom. The second-order valence-electron chi connectivity index (χ2n) is 8.04. The number of ether oxygens (including phenoxy) is 1. The molecule has 31 heavy (non-hydrogen) atoms. The van der Waals surface area contributed by atoms with Crippen LogP contribution in [0.4, 0.5) is 0 Å². The van der Waals surface area contributed by atoms with E-state index in [1.807, 2.05) is 42.6 Å². The second kappa shape index (κ2) is 6.86. The molecule has 0 fully saturated rings. The molecular formula is C25H20ClNO4. The number of pyridine rings is 1.